The molecule has 132 valence electrons. The summed E-state index contributed by atoms with van der Waals surface area (Å²) in [7, 11) is -3.06. The molecule has 0 saturated carbocycles. The van der Waals surface area contributed by atoms with E-state index in [1.165, 1.54) is 12.1 Å². The average Bonchev–Trinajstić information content (AvgIpc) is 2.55. The summed E-state index contributed by atoms with van der Waals surface area (Å²) in [4.78, 5) is 19.8. The lowest BCUT2D eigenvalue weighted by Gasteiger charge is -2.11. The molecule has 0 amide bonds. The molecule has 0 aliphatic heterocycles. The number of methoxy groups -OCH3 is 1. The first kappa shape index (κ1) is 17.9. The number of rotatable bonds is 6. The first-order chi connectivity index (χ1) is 11.7. The van der Waals surface area contributed by atoms with Crippen molar-refractivity contribution in [2.24, 2.45) is 0 Å². The summed E-state index contributed by atoms with van der Waals surface area (Å²) in [6, 6.07) is 6.36. The lowest BCUT2D eigenvalue weighted by molar-refractivity contribution is -0.385. The van der Waals surface area contributed by atoms with Gasteiger partial charge in [0.05, 0.1) is 28.7 Å². The topological polar surface area (TPSA) is 168 Å². The molecule has 0 aromatic heterocycles. The number of anilines is 2. The van der Waals surface area contributed by atoms with Gasteiger partial charge in [-0.25, -0.2) is 8.42 Å². The lowest BCUT2D eigenvalue weighted by atomic mass is 10.2. The Morgan fingerprint density at radius 2 is 1.76 bits per heavy atom. The van der Waals surface area contributed by atoms with Crippen molar-refractivity contribution in [1.82, 2.24) is 0 Å². The number of nitro groups is 2. The smallest absolute Gasteiger partial charge is 0.294 e. The highest BCUT2D eigenvalue weighted by Crippen LogP contribution is 2.31. The highest BCUT2D eigenvalue weighted by molar-refractivity contribution is 7.92. The van der Waals surface area contributed by atoms with Gasteiger partial charge in [-0.05, 0) is 18.2 Å². The first-order valence-corrected chi connectivity index (χ1v) is 8.03. The maximum atomic E-state index is 12.5. The number of nitrogens with one attached hydrogen (secondary N) is 1. The number of ether oxygens (including phenoxy) is 1. The number of nitrogens with zero attached hydrogens (tertiary/aromatic N) is 2. The van der Waals surface area contributed by atoms with E-state index in [0.717, 1.165) is 31.4 Å². The second-order valence-electron chi connectivity index (χ2n) is 4.73. The number of hydrogen-bond acceptors (Lipinski definition) is 8. The molecular weight excluding hydrogens is 356 g/mol. The van der Waals surface area contributed by atoms with Gasteiger partial charge in [-0.15, -0.1) is 0 Å². The van der Waals surface area contributed by atoms with E-state index < -0.39 is 25.6 Å². The van der Waals surface area contributed by atoms with E-state index in [2.05, 4.69) is 4.72 Å². The number of non-ortho nitro benzene ring substituents is 1. The Bertz CT molecular complexity index is 959. The van der Waals surface area contributed by atoms with Crippen molar-refractivity contribution < 1.29 is 23.0 Å². The molecule has 25 heavy (non-hydrogen) atoms. The molecule has 0 aliphatic carbocycles. The Kier molecular flexibility index (Phi) is 4.74. The molecule has 0 saturated heterocycles. The van der Waals surface area contributed by atoms with Crippen molar-refractivity contribution in [1.29, 1.82) is 0 Å². The number of benzene rings is 2. The predicted octanol–water partition coefficient (Wildman–Crippen LogP) is 1.89. The largest absolute Gasteiger partial charge is 0.495 e. The zero-order valence-corrected chi connectivity index (χ0v) is 13.5. The van der Waals surface area contributed by atoms with Crippen molar-refractivity contribution in [2.75, 3.05) is 17.6 Å². The van der Waals surface area contributed by atoms with Crippen LogP contribution in [0.2, 0.25) is 0 Å². The van der Waals surface area contributed by atoms with Gasteiger partial charge in [0.2, 0.25) is 0 Å². The van der Waals surface area contributed by atoms with Gasteiger partial charge in [0, 0.05) is 12.1 Å². The fraction of sp³-hybridized carbons (Fsp3) is 0.0769. The van der Waals surface area contributed by atoms with Crippen LogP contribution in [0.25, 0.3) is 0 Å². The average molecular weight is 368 g/mol. The highest BCUT2D eigenvalue weighted by Gasteiger charge is 2.23. The summed E-state index contributed by atoms with van der Waals surface area (Å²) in [5, 5.41) is 21.6. The molecule has 2 rings (SSSR count). The summed E-state index contributed by atoms with van der Waals surface area (Å²) < 4.78 is 32.0. The van der Waals surface area contributed by atoms with Gasteiger partial charge in [-0.2, -0.15) is 0 Å². The van der Waals surface area contributed by atoms with Gasteiger partial charge < -0.3 is 10.5 Å². The molecule has 0 aliphatic rings. The van der Waals surface area contributed by atoms with Crippen LogP contribution in [0.15, 0.2) is 41.3 Å². The summed E-state index contributed by atoms with van der Waals surface area (Å²) in [6.45, 7) is 0. The second kappa shape index (κ2) is 6.60. The monoisotopic (exact) mass is 368 g/mol. The molecule has 12 heteroatoms. The van der Waals surface area contributed by atoms with Crippen molar-refractivity contribution in [3.05, 3.63) is 56.6 Å². The third-order valence-corrected chi connectivity index (χ3v) is 4.55. The number of nitrogen functional groups attached to an aromatic ring is 1. The van der Waals surface area contributed by atoms with Crippen LogP contribution in [0.5, 0.6) is 5.75 Å². The van der Waals surface area contributed by atoms with Crippen molar-refractivity contribution in [2.45, 2.75) is 4.90 Å². The van der Waals surface area contributed by atoms with Gasteiger partial charge in [0.15, 0.2) is 0 Å². The summed E-state index contributed by atoms with van der Waals surface area (Å²) in [6.07, 6.45) is 0. The fourth-order valence-electron chi connectivity index (χ4n) is 1.97. The molecule has 0 heterocycles. The van der Waals surface area contributed by atoms with Crippen LogP contribution in [0.3, 0.4) is 0 Å². The number of nitrogens with two attached hydrogens (primary N) is 1. The zero-order valence-electron chi connectivity index (χ0n) is 12.7. The maximum absolute atomic E-state index is 12.5. The fourth-order valence-corrected chi connectivity index (χ4v) is 3.17. The minimum Gasteiger partial charge on any atom is -0.495 e. The molecule has 3 N–H and O–H groups in total. The molecule has 11 nitrogen and oxygen atoms in total. The summed E-state index contributed by atoms with van der Waals surface area (Å²) >= 11 is 0. The molecule has 0 bridgehead atoms. The standard InChI is InChI=1S/C13H12N4O7S/c1-24-12-7-9(16(18)19)3-5-13(12)25(22,23)15-8-2-4-10(14)11(6-8)17(20)21/h2-7,15H,14H2,1H3. The highest BCUT2D eigenvalue weighted by atomic mass is 32.2. The Labute approximate surface area is 141 Å². The van der Waals surface area contributed by atoms with Crippen molar-refractivity contribution in [3.63, 3.8) is 0 Å². The van der Waals surface area contributed by atoms with Crippen LogP contribution < -0.4 is 15.2 Å². The maximum Gasteiger partial charge on any atom is 0.294 e. The van der Waals surface area contributed by atoms with E-state index in [9.17, 15) is 28.6 Å². The Morgan fingerprint density at radius 3 is 2.32 bits per heavy atom. The van der Waals surface area contributed by atoms with Crippen LogP contribution in [0, 0.1) is 20.2 Å². The Balaban J connectivity index is 2.45. The molecule has 2 aromatic carbocycles. The van der Waals surface area contributed by atoms with Crippen LogP contribution in [-0.2, 0) is 10.0 Å². The van der Waals surface area contributed by atoms with Gasteiger partial charge in [0.25, 0.3) is 21.4 Å². The third kappa shape index (κ3) is 3.74. The number of nitro benzene ring substituents is 2. The van der Waals surface area contributed by atoms with Crippen molar-refractivity contribution >= 4 is 32.8 Å². The molecule has 0 fully saturated rings. The Hall–Kier alpha value is -3.41. The lowest BCUT2D eigenvalue weighted by Crippen LogP contribution is -2.14. The quantitative estimate of drug-likeness (QED) is 0.442. The van der Waals surface area contributed by atoms with Crippen LogP contribution in [0.1, 0.15) is 0 Å². The predicted molar refractivity (Wildman–Crippen MR) is 88.0 cm³/mol. The molecule has 0 unspecified atom stereocenters. The molecule has 2 aromatic rings. The van der Waals surface area contributed by atoms with Crippen LogP contribution in [-0.4, -0.2) is 25.4 Å². The molecular formula is C13H12N4O7S. The van der Waals surface area contributed by atoms with Gasteiger partial charge >= 0.3 is 0 Å². The van der Waals surface area contributed by atoms with E-state index >= 15 is 0 Å². The SMILES string of the molecule is COc1cc([N+](=O)[O-])ccc1S(=O)(=O)Nc1ccc(N)c([N+](=O)[O-])c1. The van der Waals surface area contributed by atoms with E-state index in [4.69, 9.17) is 10.5 Å². The van der Waals surface area contributed by atoms with Gasteiger partial charge in [-0.3, -0.25) is 25.0 Å². The minimum atomic E-state index is -4.21. The number of sulfonamides is 1. The normalized spacial score (nSPS) is 10.9. The molecule has 0 spiro atoms. The van der Waals surface area contributed by atoms with Crippen molar-refractivity contribution in [3.8, 4) is 5.75 Å². The Morgan fingerprint density at radius 1 is 1.08 bits per heavy atom. The summed E-state index contributed by atoms with van der Waals surface area (Å²) in [5.41, 5.74) is 4.42. The van der Waals surface area contributed by atoms with Gasteiger partial charge in [-0.1, -0.05) is 0 Å². The van der Waals surface area contributed by atoms with E-state index in [-0.39, 0.29) is 27.7 Å². The first-order valence-electron chi connectivity index (χ1n) is 6.55. The number of hydrogen-bond donors (Lipinski definition) is 2. The van der Waals surface area contributed by atoms with Crippen LogP contribution >= 0.6 is 0 Å². The minimum absolute atomic E-state index is 0.0960. The van der Waals surface area contributed by atoms with Gasteiger partial charge in [0.1, 0.15) is 16.3 Å². The van der Waals surface area contributed by atoms with E-state index in [1.807, 2.05) is 0 Å². The molecule has 0 atom stereocenters. The zero-order chi connectivity index (χ0) is 18.8. The third-order valence-electron chi connectivity index (χ3n) is 3.13. The molecule has 0 radical (unpaired) electrons. The second-order valence-corrected chi connectivity index (χ2v) is 6.38. The van der Waals surface area contributed by atoms with E-state index in [0.29, 0.717) is 0 Å². The van der Waals surface area contributed by atoms with E-state index in [1.54, 1.807) is 0 Å². The summed E-state index contributed by atoms with van der Waals surface area (Å²) in [5.74, 6) is -0.244. The van der Waals surface area contributed by atoms with Crippen LogP contribution in [0.4, 0.5) is 22.7 Å².